The molecule has 3 rings (SSSR count). The van der Waals surface area contributed by atoms with Crippen molar-refractivity contribution in [2.24, 2.45) is 0 Å². The molecule has 2 aromatic rings. The van der Waals surface area contributed by atoms with Crippen molar-refractivity contribution in [3.63, 3.8) is 0 Å². The van der Waals surface area contributed by atoms with E-state index in [0.717, 1.165) is 36.6 Å². The molecule has 0 bridgehead atoms. The quantitative estimate of drug-likeness (QED) is 0.883. The van der Waals surface area contributed by atoms with E-state index >= 15 is 0 Å². The van der Waals surface area contributed by atoms with Crippen LogP contribution in [0.1, 0.15) is 12.8 Å². The second kappa shape index (κ2) is 6.45. The molecule has 0 spiro atoms. The minimum atomic E-state index is -0.254. The minimum absolute atomic E-state index is 0.254. The number of hydrogen-bond acceptors (Lipinski definition) is 5. The zero-order chi connectivity index (χ0) is 14.7. The molecule has 1 aromatic heterocycles. The summed E-state index contributed by atoms with van der Waals surface area (Å²) in [7, 11) is 0. The molecule has 1 aliphatic rings. The number of benzene rings is 1. The van der Waals surface area contributed by atoms with E-state index < -0.39 is 0 Å². The Labute approximate surface area is 129 Å². The molecule has 110 valence electrons. The first-order valence-electron chi connectivity index (χ1n) is 7.17. The Balaban J connectivity index is 1.92. The molecule has 0 radical (unpaired) electrons. The van der Waals surface area contributed by atoms with E-state index in [0.29, 0.717) is 6.54 Å². The van der Waals surface area contributed by atoms with Gasteiger partial charge in [0, 0.05) is 29.7 Å². The molecule has 1 atom stereocenters. The van der Waals surface area contributed by atoms with Crippen LogP contribution in [-0.4, -0.2) is 40.5 Å². The summed E-state index contributed by atoms with van der Waals surface area (Å²) in [6.07, 6.45) is 5.49. The largest absolute Gasteiger partial charge is 0.391 e. The van der Waals surface area contributed by atoms with Crippen LogP contribution in [-0.2, 0) is 0 Å². The number of thioether (sulfide) groups is 1. The average molecular weight is 301 g/mol. The van der Waals surface area contributed by atoms with Gasteiger partial charge in [0.25, 0.3) is 0 Å². The lowest BCUT2D eigenvalue weighted by molar-refractivity contribution is 0.154. The summed E-state index contributed by atoms with van der Waals surface area (Å²) in [4.78, 5) is 12.4. The van der Waals surface area contributed by atoms with E-state index in [1.54, 1.807) is 18.0 Å². The van der Waals surface area contributed by atoms with Crippen molar-refractivity contribution < 1.29 is 5.11 Å². The number of hydrogen-bond donors (Lipinski definition) is 1. The second-order valence-electron chi connectivity index (χ2n) is 5.18. The molecular formula is C16H19N3OS. The van der Waals surface area contributed by atoms with E-state index in [9.17, 15) is 5.11 Å². The van der Waals surface area contributed by atoms with Gasteiger partial charge in [-0.2, -0.15) is 0 Å². The van der Waals surface area contributed by atoms with Gasteiger partial charge in [0.15, 0.2) is 5.82 Å². The van der Waals surface area contributed by atoms with Crippen LogP contribution in [0.3, 0.4) is 0 Å². The molecule has 1 N–H and O–H groups in total. The van der Waals surface area contributed by atoms with Gasteiger partial charge in [0.1, 0.15) is 5.82 Å². The number of piperidine rings is 1. The zero-order valence-electron chi connectivity index (χ0n) is 12.1. The lowest BCUT2D eigenvalue weighted by Crippen LogP contribution is -2.38. The molecular weight excluding hydrogens is 282 g/mol. The standard InChI is InChI=1S/C16H19N3OS/c1-21-14-7-3-2-6-13(14)16-17-9-8-15(18-16)19-10-4-5-12(20)11-19/h2-3,6-9,12,20H,4-5,10-11H2,1H3/t12-/m1/s1. The van der Waals surface area contributed by atoms with Gasteiger partial charge < -0.3 is 10.0 Å². The van der Waals surface area contributed by atoms with Crippen LogP contribution in [0.2, 0.25) is 0 Å². The van der Waals surface area contributed by atoms with Crippen LogP contribution in [0.4, 0.5) is 5.82 Å². The van der Waals surface area contributed by atoms with Crippen LogP contribution in [0.25, 0.3) is 11.4 Å². The number of anilines is 1. The Bertz CT molecular complexity index is 620. The summed E-state index contributed by atoms with van der Waals surface area (Å²) >= 11 is 1.70. The monoisotopic (exact) mass is 301 g/mol. The summed E-state index contributed by atoms with van der Waals surface area (Å²) in [5.41, 5.74) is 1.06. The summed E-state index contributed by atoms with van der Waals surface area (Å²) in [5.74, 6) is 1.65. The van der Waals surface area contributed by atoms with Crippen LogP contribution in [0.15, 0.2) is 41.4 Å². The summed E-state index contributed by atoms with van der Waals surface area (Å²) in [6.45, 7) is 1.60. The molecule has 1 aromatic carbocycles. The molecule has 5 heteroatoms. The van der Waals surface area contributed by atoms with Gasteiger partial charge in [0.2, 0.25) is 0 Å². The van der Waals surface area contributed by atoms with Gasteiger partial charge >= 0.3 is 0 Å². The molecule has 1 fully saturated rings. The lowest BCUT2D eigenvalue weighted by atomic mass is 10.1. The molecule has 4 nitrogen and oxygen atoms in total. The minimum Gasteiger partial charge on any atom is -0.391 e. The molecule has 0 aliphatic carbocycles. The van der Waals surface area contributed by atoms with E-state index in [1.807, 2.05) is 18.2 Å². The smallest absolute Gasteiger partial charge is 0.162 e. The zero-order valence-corrected chi connectivity index (χ0v) is 12.9. The highest BCUT2D eigenvalue weighted by atomic mass is 32.2. The van der Waals surface area contributed by atoms with Crippen LogP contribution in [0.5, 0.6) is 0 Å². The highest BCUT2D eigenvalue weighted by Crippen LogP contribution is 2.28. The lowest BCUT2D eigenvalue weighted by Gasteiger charge is -2.31. The highest BCUT2D eigenvalue weighted by Gasteiger charge is 2.19. The first-order valence-corrected chi connectivity index (χ1v) is 8.40. The molecule has 1 aliphatic heterocycles. The predicted molar refractivity (Wildman–Crippen MR) is 86.7 cm³/mol. The molecule has 0 unspecified atom stereocenters. The number of aromatic nitrogens is 2. The number of nitrogens with zero attached hydrogens (tertiary/aromatic N) is 3. The van der Waals surface area contributed by atoms with Crippen molar-refractivity contribution >= 4 is 17.6 Å². The molecule has 2 heterocycles. The fourth-order valence-electron chi connectivity index (χ4n) is 2.65. The van der Waals surface area contributed by atoms with Crippen molar-refractivity contribution in [2.45, 2.75) is 23.8 Å². The van der Waals surface area contributed by atoms with E-state index in [2.05, 4.69) is 28.3 Å². The Kier molecular flexibility index (Phi) is 4.41. The Morgan fingerprint density at radius 2 is 2.14 bits per heavy atom. The van der Waals surface area contributed by atoms with Gasteiger partial charge in [-0.05, 0) is 31.2 Å². The molecule has 0 amide bonds. The van der Waals surface area contributed by atoms with Gasteiger partial charge in [-0.15, -0.1) is 11.8 Å². The predicted octanol–water partition coefficient (Wildman–Crippen LogP) is 2.83. The van der Waals surface area contributed by atoms with E-state index in [-0.39, 0.29) is 6.10 Å². The van der Waals surface area contributed by atoms with Crippen molar-refractivity contribution in [1.82, 2.24) is 9.97 Å². The maximum absolute atomic E-state index is 9.82. The van der Waals surface area contributed by atoms with Gasteiger partial charge in [-0.25, -0.2) is 9.97 Å². The fourth-order valence-corrected chi connectivity index (χ4v) is 3.24. The highest BCUT2D eigenvalue weighted by molar-refractivity contribution is 7.98. The number of aliphatic hydroxyl groups excluding tert-OH is 1. The van der Waals surface area contributed by atoms with Crippen molar-refractivity contribution in [2.75, 3.05) is 24.2 Å². The maximum atomic E-state index is 9.82. The Hall–Kier alpha value is -1.59. The average Bonchev–Trinajstić information content (AvgIpc) is 2.55. The summed E-state index contributed by atoms with van der Waals surface area (Å²) in [5, 5.41) is 9.82. The first-order chi connectivity index (χ1) is 10.3. The Morgan fingerprint density at radius 3 is 2.95 bits per heavy atom. The van der Waals surface area contributed by atoms with Crippen LogP contribution >= 0.6 is 11.8 Å². The van der Waals surface area contributed by atoms with Crippen molar-refractivity contribution in [1.29, 1.82) is 0 Å². The van der Waals surface area contributed by atoms with E-state index in [4.69, 9.17) is 4.98 Å². The third-order valence-electron chi connectivity index (χ3n) is 3.71. The molecule has 21 heavy (non-hydrogen) atoms. The second-order valence-corrected chi connectivity index (χ2v) is 6.03. The van der Waals surface area contributed by atoms with Gasteiger partial charge in [-0.3, -0.25) is 0 Å². The SMILES string of the molecule is CSc1ccccc1-c1nccc(N2CCC[C@@H](O)C2)n1. The van der Waals surface area contributed by atoms with Crippen molar-refractivity contribution in [3.05, 3.63) is 36.5 Å². The van der Waals surface area contributed by atoms with Crippen LogP contribution in [0, 0.1) is 0 Å². The Morgan fingerprint density at radius 1 is 1.29 bits per heavy atom. The molecule has 0 saturated carbocycles. The van der Waals surface area contributed by atoms with Gasteiger partial charge in [0.05, 0.1) is 6.10 Å². The third kappa shape index (κ3) is 3.19. The number of aliphatic hydroxyl groups is 1. The third-order valence-corrected chi connectivity index (χ3v) is 4.51. The number of β-amino-alcohol motifs (C(OH)–C–C–N with tert-alkyl or cyclic N) is 1. The summed E-state index contributed by atoms with van der Waals surface area (Å²) < 4.78 is 0. The number of rotatable bonds is 3. The van der Waals surface area contributed by atoms with Gasteiger partial charge in [-0.1, -0.05) is 18.2 Å². The fraction of sp³-hybridized carbons (Fsp3) is 0.375. The van der Waals surface area contributed by atoms with E-state index in [1.165, 1.54) is 4.90 Å². The summed E-state index contributed by atoms with van der Waals surface area (Å²) in [6, 6.07) is 10.1. The maximum Gasteiger partial charge on any atom is 0.162 e. The normalized spacial score (nSPS) is 18.8. The van der Waals surface area contributed by atoms with Crippen LogP contribution < -0.4 is 4.90 Å². The first kappa shape index (κ1) is 14.4. The molecule has 1 saturated heterocycles. The van der Waals surface area contributed by atoms with Crippen molar-refractivity contribution in [3.8, 4) is 11.4 Å². The topological polar surface area (TPSA) is 49.2 Å².